The molecular formula is C11H22N2O2. The van der Waals surface area contributed by atoms with E-state index in [1.807, 2.05) is 27.1 Å². The van der Waals surface area contributed by atoms with E-state index in [2.05, 4.69) is 15.0 Å². The second-order valence-electron chi connectivity index (χ2n) is 3.44. The molecule has 0 aliphatic rings. The van der Waals surface area contributed by atoms with Crippen molar-refractivity contribution in [3.8, 4) is 0 Å². The van der Waals surface area contributed by atoms with Gasteiger partial charge in [0.2, 0.25) is 0 Å². The van der Waals surface area contributed by atoms with Crippen molar-refractivity contribution >= 4 is 5.97 Å². The Bertz CT molecular complexity index is 215. The summed E-state index contributed by atoms with van der Waals surface area (Å²) in [7, 11) is 5.37. The standard InChI is InChI=1S/C11H22N2O2/c1-5-10(11(14)15-4)6-8-13(3)9-7-12-2/h6,12H,5,7-9H2,1-4H3. The number of nitrogens with zero attached hydrogens (tertiary/aromatic N) is 1. The van der Waals surface area contributed by atoms with Gasteiger partial charge >= 0.3 is 5.97 Å². The van der Waals surface area contributed by atoms with E-state index in [1.165, 1.54) is 7.11 Å². The Kier molecular flexibility index (Phi) is 7.95. The molecule has 0 aromatic carbocycles. The number of rotatable bonds is 7. The Labute approximate surface area is 92.3 Å². The molecule has 0 spiro atoms. The number of carbonyl (C=O) groups is 1. The van der Waals surface area contributed by atoms with E-state index in [0.717, 1.165) is 25.2 Å². The lowest BCUT2D eigenvalue weighted by atomic mass is 10.2. The topological polar surface area (TPSA) is 41.6 Å². The van der Waals surface area contributed by atoms with Gasteiger partial charge in [-0.3, -0.25) is 0 Å². The van der Waals surface area contributed by atoms with E-state index in [1.54, 1.807) is 0 Å². The van der Waals surface area contributed by atoms with E-state index >= 15 is 0 Å². The molecule has 0 aromatic rings. The first-order chi connectivity index (χ1) is 7.15. The minimum Gasteiger partial charge on any atom is -0.466 e. The summed E-state index contributed by atoms with van der Waals surface area (Å²) < 4.78 is 4.68. The molecule has 88 valence electrons. The zero-order valence-corrected chi connectivity index (χ0v) is 10.2. The zero-order chi connectivity index (χ0) is 11.7. The van der Waals surface area contributed by atoms with Crippen LogP contribution in [-0.2, 0) is 9.53 Å². The molecule has 0 heterocycles. The van der Waals surface area contributed by atoms with Gasteiger partial charge in [0.1, 0.15) is 0 Å². The van der Waals surface area contributed by atoms with Gasteiger partial charge in [0, 0.05) is 25.2 Å². The summed E-state index contributed by atoms with van der Waals surface area (Å²) in [5, 5.41) is 3.08. The number of hydrogen-bond donors (Lipinski definition) is 1. The molecular weight excluding hydrogens is 192 g/mol. The highest BCUT2D eigenvalue weighted by Gasteiger charge is 2.06. The lowest BCUT2D eigenvalue weighted by Crippen LogP contribution is -2.27. The number of carbonyl (C=O) groups excluding carboxylic acids is 1. The molecule has 15 heavy (non-hydrogen) atoms. The average Bonchev–Trinajstić information content (AvgIpc) is 2.26. The van der Waals surface area contributed by atoms with E-state index in [0.29, 0.717) is 6.42 Å². The van der Waals surface area contributed by atoms with Crippen LogP contribution in [0.2, 0.25) is 0 Å². The molecule has 4 heteroatoms. The van der Waals surface area contributed by atoms with Crippen LogP contribution >= 0.6 is 0 Å². The van der Waals surface area contributed by atoms with Gasteiger partial charge in [0.15, 0.2) is 0 Å². The number of nitrogens with one attached hydrogen (secondary N) is 1. The van der Waals surface area contributed by atoms with E-state index in [-0.39, 0.29) is 5.97 Å². The molecule has 1 N–H and O–H groups in total. The maximum Gasteiger partial charge on any atom is 0.333 e. The van der Waals surface area contributed by atoms with Crippen molar-refractivity contribution in [2.75, 3.05) is 40.8 Å². The lowest BCUT2D eigenvalue weighted by molar-refractivity contribution is -0.136. The minimum absolute atomic E-state index is 0.223. The molecule has 0 saturated carbocycles. The fraction of sp³-hybridized carbons (Fsp3) is 0.727. The monoisotopic (exact) mass is 214 g/mol. The van der Waals surface area contributed by atoms with Crippen molar-refractivity contribution in [1.29, 1.82) is 0 Å². The Hall–Kier alpha value is -0.870. The smallest absolute Gasteiger partial charge is 0.333 e. The maximum atomic E-state index is 11.2. The fourth-order valence-electron chi connectivity index (χ4n) is 1.16. The molecule has 0 fully saturated rings. The van der Waals surface area contributed by atoms with E-state index in [9.17, 15) is 4.79 Å². The van der Waals surface area contributed by atoms with Crippen LogP contribution in [0.3, 0.4) is 0 Å². The minimum atomic E-state index is -0.223. The van der Waals surface area contributed by atoms with Crippen LogP contribution in [0.4, 0.5) is 0 Å². The maximum absolute atomic E-state index is 11.2. The Morgan fingerprint density at radius 2 is 2.20 bits per heavy atom. The summed E-state index contributed by atoms with van der Waals surface area (Å²) in [5.41, 5.74) is 0.744. The highest BCUT2D eigenvalue weighted by atomic mass is 16.5. The molecule has 0 aliphatic heterocycles. The fourth-order valence-corrected chi connectivity index (χ4v) is 1.16. The summed E-state index contributed by atoms with van der Waals surface area (Å²) in [6.07, 6.45) is 2.65. The predicted octanol–water partition coefficient (Wildman–Crippen LogP) is 0.647. The van der Waals surface area contributed by atoms with Crippen molar-refractivity contribution in [3.05, 3.63) is 11.6 Å². The number of likely N-dealkylation sites (N-methyl/N-ethyl adjacent to an activating group) is 2. The van der Waals surface area contributed by atoms with Crippen molar-refractivity contribution in [2.24, 2.45) is 0 Å². The van der Waals surface area contributed by atoms with Crippen LogP contribution in [0, 0.1) is 0 Å². The third-order valence-electron chi connectivity index (χ3n) is 2.22. The first kappa shape index (κ1) is 14.1. The summed E-state index contributed by atoms with van der Waals surface area (Å²) in [6, 6.07) is 0. The van der Waals surface area contributed by atoms with Gasteiger partial charge in [-0.15, -0.1) is 0 Å². The van der Waals surface area contributed by atoms with Gasteiger partial charge in [-0.2, -0.15) is 0 Å². The summed E-state index contributed by atoms with van der Waals surface area (Å²) >= 11 is 0. The number of methoxy groups -OCH3 is 1. The quantitative estimate of drug-likeness (QED) is 0.499. The van der Waals surface area contributed by atoms with Gasteiger partial charge in [0.25, 0.3) is 0 Å². The molecule has 0 bridgehead atoms. The molecule has 0 aliphatic carbocycles. The van der Waals surface area contributed by atoms with Gasteiger partial charge in [-0.25, -0.2) is 4.79 Å². The molecule has 0 radical (unpaired) electrons. The van der Waals surface area contributed by atoms with Crippen LogP contribution in [0.15, 0.2) is 11.6 Å². The molecule has 4 nitrogen and oxygen atoms in total. The van der Waals surface area contributed by atoms with Crippen molar-refractivity contribution in [3.63, 3.8) is 0 Å². The number of ether oxygens (including phenoxy) is 1. The highest BCUT2D eigenvalue weighted by Crippen LogP contribution is 2.02. The molecule has 0 atom stereocenters. The number of esters is 1. The van der Waals surface area contributed by atoms with E-state index in [4.69, 9.17) is 0 Å². The first-order valence-electron chi connectivity index (χ1n) is 5.26. The number of hydrogen-bond acceptors (Lipinski definition) is 4. The van der Waals surface area contributed by atoms with Gasteiger partial charge in [0.05, 0.1) is 7.11 Å². The van der Waals surface area contributed by atoms with Crippen molar-refractivity contribution in [2.45, 2.75) is 13.3 Å². The molecule has 0 rings (SSSR count). The summed E-state index contributed by atoms with van der Waals surface area (Å²) in [6.45, 7) is 4.64. The van der Waals surface area contributed by atoms with Crippen LogP contribution in [0.25, 0.3) is 0 Å². The normalized spacial score (nSPS) is 11.9. The SMILES string of the molecule is CCC(=CCN(C)CCNC)C(=O)OC. The van der Waals surface area contributed by atoms with Crippen LogP contribution in [-0.4, -0.2) is 51.7 Å². The molecule has 0 amide bonds. The summed E-state index contributed by atoms with van der Waals surface area (Å²) in [5.74, 6) is -0.223. The Morgan fingerprint density at radius 1 is 1.53 bits per heavy atom. The van der Waals surface area contributed by atoms with Gasteiger partial charge in [-0.05, 0) is 20.5 Å². The second kappa shape index (κ2) is 8.44. The lowest BCUT2D eigenvalue weighted by Gasteiger charge is -2.14. The average molecular weight is 214 g/mol. The summed E-state index contributed by atoms with van der Waals surface area (Å²) in [4.78, 5) is 13.4. The third kappa shape index (κ3) is 6.25. The first-order valence-corrected chi connectivity index (χ1v) is 5.26. The van der Waals surface area contributed by atoms with Crippen LogP contribution in [0.1, 0.15) is 13.3 Å². The van der Waals surface area contributed by atoms with Crippen LogP contribution < -0.4 is 5.32 Å². The second-order valence-corrected chi connectivity index (χ2v) is 3.44. The van der Waals surface area contributed by atoms with Crippen LogP contribution in [0.5, 0.6) is 0 Å². The van der Waals surface area contributed by atoms with Gasteiger partial charge in [-0.1, -0.05) is 13.0 Å². The Balaban J connectivity index is 4.04. The molecule has 0 unspecified atom stereocenters. The third-order valence-corrected chi connectivity index (χ3v) is 2.22. The molecule has 0 aromatic heterocycles. The van der Waals surface area contributed by atoms with Crippen molar-refractivity contribution in [1.82, 2.24) is 10.2 Å². The Morgan fingerprint density at radius 3 is 2.67 bits per heavy atom. The molecule has 0 saturated heterocycles. The largest absolute Gasteiger partial charge is 0.466 e. The van der Waals surface area contributed by atoms with Crippen molar-refractivity contribution < 1.29 is 9.53 Å². The van der Waals surface area contributed by atoms with E-state index < -0.39 is 0 Å². The van der Waals surface area contributed by atoms with Gasteiger partial charge < -0.3 is 15.0 Å². The zero-order valence-electron chi connectivity index (χ0n) is 10.2. The predicted molar refractivity (Wildman–Crippen MR) is 61.8 cm³/mol. The highest BCUT2D eigenvalue weighted by molar-refractivity contribution is 5.88.